The van der Waals surface area contributed by atoms with Crippen LogP contribution >= 0.6 is 23.5 Å². The molecule has 1 spiro atoms. The predicted octanol–water partition coefficient (Wildman–Crippen LogP) is 2.37. The lowest BCUT2D eigenvalue weighted by Gasteiger charge is -2.47. The molecule has 5 atom stereocenters. The van der Waals surface area contributed by atoms with E-state index in [4.69, 9.17) is 9.29 Å². The standard InChI is InChI=1S/C15H22F2O6S3/c1-12(2)9-4-5-13(12,3)14(24-7-8(6-18)25-14)10(9)23-11(19)15(16,17)26(20,21)22/h8-10,18H,4-7H2,1-3H3,(H,20,21,22). The molecule has 0 aromatic carbocycles. The average Bonchev–Trinajstić information content (AvgIpc) is 3.08. The summed E-state index contributed by atoms with van der Waals surface area (Å²) in [7, 11) is -5.91. The van der Waals surface area contributed by atoms with Gasteiger partial charge in [0.15, 0.2) is 0 Å². The lowest BCUT2D eigenvalue weighted by atomic mass is 9.70. The molecule has 0 amide bonds. The van der Waals surface area contributed by atoms with Crippen molar-refractivity contribution in [3.05, 3.63) is 0 Å². The lowest BCUT2D eigenvalue weighted by Crippen LogP contribution is -2.51. The Morgan fingerprint density at radius 2 is 1.96 bits per heavy atom. The van der Waals surface area contributed by atoms with Gasteiger partial charge in [-0.1, -0.05) is 20.8 Å². The minimum atomic E-state index is -5.91. The number of hydrogen-bond donors (Lipinski definition) is 2. The zero-order chi connectivity index (χ0) is 19.8. The first-order chi connectivity index (χ1) is 11.7. The fourth-order valence-corrected chi connectivity index (χ4v) is 9.54. The summed E-state index contributed by atoms with van der Waals surface area (Å²) < 4.78 is 62.4. The van der Waals surface area contributed by atoms with Crippen LogP contribution in [0.15, 0.2) is 0 Å². The summed E-state index contributed by atoms with van der Waals surface area (Å²) in [5.41, 5.74) is -0.669. The van der Waals surface area contributed by atoms with E-state index >= 15 is 0 Å². The molecule has 0 radical (unpaired) electrons. The van der Waals surface area contributed by atoms with Crippen molar-refractivity contribution >= 4 is 39.6 Å². The number of rotatable bonds is 4. The first-order valence-electron chi connectivity index (χ1n) is 8.23. The van der Waals surface area contributed by atoms with E-state index in [-0.39, 0.29) is 28.6 Å². The highest BCUT2D eigenvalue weighted by Crippen LogP contribution is 2.79. The zero-order valence-electron chi connectivity index (χ0n) is 14.6. The van der Waals surface area contributed by atoms with Crippen molar-refractivity contribution in [3.63, 3.8) is 0 Å². The summed E-state index contributed by atoms with van der Waals surface area (Å²) in [6, 6.07) is 0. The molecule has 2 N–H and O–H groups in total. The summed E-state index contributed by atoms with van der Waals surface area (Å²) in [6.45, 7) is 5.98. The average molecular weight is 433 g/mol. The van der Waals surface area contributed by atoms with Gasteiger partial charge in [0.1, 0.15) is 10.2 Å². The van der Waals surface area contributed by atoms with Crippen molar-refractivity contribution in [2.75, 3.05) is 12.4 Å². The highest BCUT2D eigenvalue weighted by molar-refractivity contribution is 8.21. The van der Waals surface area contributed by atoms with E-state index in [1.807, 2.05) is 20.8 Å². The number of carbonyl (C=O) groups excluding carboxylic acids is 1. The van der Waals surface area contributed by atoms with Crippen LogP contribution in [0.1, 0.15) is 33.6 Å². The van der Waals surface area contributed by atoms with E-state index in [2.05, 4.69) is 0 Å². The molecule has 1 aliphatic heterocycles. The molecule has 26 heavy (non-hydrogen) atoms. The second kappa shape index (κ2) is 5.95. The Kier molecular flexibility index (Phi) is 4.72. The molecule has 5 unspecified atom stereocenters. The maximum Gasteiger partial charge on any atom is 0.465 e. The number of esters is 1. The third-order valence-electron chi connectivity index (χ3n) is 6.64. The molecule has 1 saturated heterocycles. The van der Waals surface area contributed by atoms with Crippen molar-refractivity contribution < 1.29 is 36.4 Å². The van der Waals surface area contributed by atoms with E-state index in [9.17, 15) is 27.1 Å². The van der Waals surface area contributed by atoms with Gasteiger partial charge in [0.25, 0.3) is 0 Å². The van der Waals surface area contributed by atoms with Crippen LogP contribution in [0.2, 0.25) is 0 Å². The van der Waals surface area contributed by atoms with E-state index in [1.54, 1.807) is 0 Å². The quantitative estimate of drug-likeness (QED) is 0.516. The Balaban J connectivity index is 1.99. The summed E-state index contributed by atoms with van der Waals surface area (Å²) in [5, 5.41) is 4.40. The fourth-order valence-electron chi connectivity index (χ4n) is 4.78. The first-order valence-corrected chi connectivity index (χ1v) is 11.5. The van der Waals surface area contributed by atoms with Crippen molar-refractivity contribution in [2.24, 2.45) is 16.7 Å². The largest absolute Gasteiger partial charge is 0.465 e. The molecule has 3 fully saturated rings. The van der Waals surface area contributed by atoms with Crippen LogP contribution < -0.4 is 0 Å². The minimum Gasteiger partial charge on any atom is -0.454 e. The van der Waals surface area contributed by atoms with Gasteiger partial charge in [0, 0.05) is 22.3 Å². The second-order valence-electron chi connectivity index (χ2n) is 7.92. The highest BCUT2D eigenvalue weighted by atomic mass is 32.2. The Labute approximate surface area is 159 Å². The maximum atomic E-state index is 13.8. The number of aliphatic hydroxyl groups excluding tert-OH is 1. The van der Waals surface area contributed by atoms with Crippen molar-refractivity contribution in [2.45, 2.75) is 54.3 Å². The number of aliphatic hydroxyl groups is 1. The van der Waals surface area contributed by atoms with Gasteiger partial charge in [-0.2, -0.15) is 17.2 Å². The monoisotopic (exact) mass is 432 g/mol. The van der Waals surface area contributed by atoms with Crippen LogP contribution in [0, 0.1) is 16.7 Å². The van der Waals surface area contributed by atoms with Crippen molar-refractivity contribution in [3.8, 4) is 0 Å². The molecular weight excluding hydrogens is 410 g/mol. The predicted molar refractivity (Wildman–Crippen MR) is 94.6 cm³/mol. The van der Waals surface area contributed by atoms with Gasteiger partial charge in [-0.25, -0.2) is 4.79 Å². The minimum absolute atomic E-state index is 0.0809. The molecule has 2 bridgehead atoms. The Hall–Kier alpha value is -0.100. The number of carbonyl (C=O) groups is 1. The van der Waals surface area contributed by atoms with Crippen LogP contribution in [0.5, 0.6) is 0 Å². The van der Waals surface area contributed by atoms with E-state index in [1.165, 1.54) is 23.5 Å². The second-order valence-corrected chi connectivity index (χ2v) is 12.5. The van der Waals surface area contributed by atoms with E-state index in [0.29, 0.717) is 12.2 Å². The molecule has 3 rings (SSSR count). The van der Waals surface area contributed by atoms with Gasteiger partial charge in [0.2, 0.25) is 0 Å². The van der Waals surface area contributed by atoms with Gasteiger partial charge in [-0.15, -0.1) is 23.5 Å². The topological polar surface area (TPSA) is 101 Å². The van der Waals surface area contributed by atoms with Crippen molar-refractivity contribution in [1.29, 1.82) is 0 Å². The zero-order valence-corrected chi connectivity index (χ0v) is 17.0. The van der Waals surface area contributed by atoms with E-state index < -0.39 is 31.5 Å². The number of halogens is 2. The molecule has 0 aromatic heterocycles. The number of ether oxygens (including phenoxy) is 1. The summed E-state index contributed by atoms with van der Waals surface area (Å²) in [4.78, 5) is 12.0. The third-order valence-corrected chi connectivity index (χ3v) is 11.7. The highest BCUT2D eigenvalue weighted by Gasteiger charge is 2.77. The molecular formula is C15H22F2O6S3. The maximum absolute atomic E-state index is 13.8. The van der Waals surface area contributed by atoms with Crippen LogP contribution in [0.3, 0.4) is 0 Å². The smallest absolute Gasteiger partial charge is 0.454 e. The van der Waals surface area contributed by atoms with Gasteiger partial charge in [-0.3, -0.25) is 4.55 Å². The lowest BCUT2D eigenvalue weighted by molar-refractivity contribution is -0.170. The number of fused-ring (bicyclic) bond motifs is 3. The molecule has 6 nitrogen and oxygen atoms in total. The van der Waals surface area contributed by atoms with Crippen LogP contribution in [-0.2, 0) is 19.6 Å². The van der Waals surface area contributed by atoms with Crippen LogP contribution in [0.4, 0.5) is 8.78 Å². The Morgan fingerprint density at radius 1 is 1.35 bits per heavy atom. The first kappa shape index (κ1) is 20.6. The summed E-state index contributed by atoms with van der Waals surface area (Å²) >= 11 is 2.92. The van der Waals surface area contributed by atoms with Crippen molar-refractivity contribution in [1.82, 2.24) is 0 Å². The molecule has 2 aliphatic carbocycles. The van der Waals surface area contributed by atoms with E-state index in [0.717, 1.165) is 6.42 Å². The van der Waals surface area contributed by atoms with Gasteiger partial charge in [-0.05, 0) is 18.3 Å². The molecule has 1 heterocycles. The normalized spacial score (nSPS) is 41.7. The van der Waals surface area contributed by atoms with Crippen LogP contribution in [0.25, 0.3) is 0 Å². The molecule has 0 aromatic rings. The SMILES string of the molecule is CC1(C)C2CCC1(C)C1(SCC(CO)S1)C2OC(=O)C(F)(F)S(=O)(=O)O. The third kappa shape index (κ3) is 2.42. The Morgan fingerprint density at radius 3 is 2.46 bits per heavy atom. The molecule has 150 valence electrons. The number of alkyl halides is 2. The summed E-state index contributed by atoms with van der Waals surface area (Å²) in [6.07, 6.45) is 0.569. The van der Waals surface area contributed by atoms with Crippen LogP contribution in [-0.4, -0.2) is 57.1 Å². The van der Waals surface area contributed by atoms with Gasteiger partial charge < -0.3 is 9.84 Å². The molecule has 11 heteroatoms. The summed E-state index contributed by atoms with van der Waals surface area (Å²) in [5.74, 6) is -1.88. The molecule has 3 aliphatic rings. The Bertz CT molecular complexity index is 727. The van der Waals surface area contributed by atoms with Gasteiger partial charge in [0.05, 0.1) is 6.61 Å². The van der Waals surface area contributed by atoms with Gasteiger partial charge >= 0.3 is 21.3 Å². The molecule has 2 saturated carbocycles. The number of hydrogen-bond acceptors (Lipinski definition) is 7. The number of thioether (sulfide) groups is 2. The fraction of sp³-hybridized carbons (Fsp3) is 0.933.